The van der Waals surface area contributed by atoms with Gasteiger partial charge < -0.3 is 16.0 Å². The molecular formula is C16H17N5. The number of nitrogens with two attached hydrogens (primary N) is 2. The predicted molar refractivity (Wildman–Crippen MR) is 84.3 cm³/mol. The molecule has 1 aromatic carbocycles. The largest absolute Gasteiger partial charge is 0.399 e. The van der Waals surface area contributed by atoms with Gasteiger partial charge in [-0.05, 0) is 55.5 Å². The Labute approximate surface area is 122 Å². The summed E-state index contributed by atoms with van der Waals surface area (Å²) in [5.74, 6) is 0.534. The molecule has 5 heteroatoms. The second kappa shape index (κ2) is 4.48. The maximum absolute atomic E-state index is 6.14. The fourth-order valence-electron chi connectivity index (χ4n) is 3.27. The van der Waals surface area contributed by atoms with Crippen LogP contribution in [0.3, 0.4) is 0 Å². The van der Waals surface area contributed by atoms with Gasteiger partial charge >= 0.3 is 0 Å². The van der Waals surface area contributed by atoms with Gasteiger partial charge in [-0.3, -0.25) is 0 Å². The minimum atomic E-state index is 0.534. The van der Waals surface area contributed by atoms with Gasteiger partial charge in [-0.15, -0.1) is 0 Å². The van der Waals surface area contributed by atoms with Gasteiger partial charge in [-0.1, -0.05) is 0 Å². The van der Waals surface area contributed by atoms with Crippen LogP contribution in [0.25, 0.3) is 16.7 Å². The lowest BCUT2D eigenvalue weighted by Gasteiger charge is -2.16. The first kappa shape index (κ1) is 12.2. The van der Waals surface area contributed by atoms with Crippen molar-refractivity contribution in [2.24, 2.45) is 0 Å². The highest BCUT2D eigenvalue weighted by Gasteiger charge is 2.23. The van der Waals surface area contributed by atoms with Crippen molar-refractivity contribution < 1.29 is 0 Å². The molecule has 0 aliphatic heterocycles. The summed E-state index contributed by atoms with van der Waals surface area (Å²) in [5, 5.41) is 0. The number of hydrogen-bond donors (Lipinski definition) is 2. The summed E-state index contributed by atoms with van der Waals surface area (Å²) in [5.41, 5.74) is 18.3. The number of nitrogens with zero attached hydrogens (tertiary/aromatic N) is 3. The van der Waals surface area contributed by atoms with Crippen LogP contribution in [0.2, 0.25) is 0 Å². The van der Waals surface area contributed by atoms with Crippen molar-refractivity contribution in [1.82, 2.24) is 14.5 Å². The first-order valence-electron chi connectivity index (χ1n) is 7.24. The molecule has 0 bridgehead atoms. The average Bonchev–Trinajstić information content (AvgIpc) is 2.84. The van der Waals surface area contributed by atoms with Crippen molar-refractivity contribution in [3.8, 4) is 5.69 Å². The van der Waals surface area contributed by atoms with Gasteiger partial charge in [0, 0.05) is 17.1 Å². The fourth-order valence-corrected chi connectivity index (χ4v) is 3.27. The summed E-state index contributed by atoms with van der Waals surface area (Å²) in [6, 6.07) is 7.87. The number of nitrogen functional groups attached to an aromatic ring is 2. The minimum absolute atomic E-state index is 0.534. The molecule has 0 spiro atoms. The zero-order valence-electron chi connectivity index (χ0n) is 11.7. The Bertz CT molecular complexity index is 817. The van der Waals surface area contributed by atoms with Crippen molar-refractivity contribution in [3.63, 3.8) is 0 Å². The van der Waals surface area contributed by atoms with Crippen molar-refractivity contribution in [2.75, 3.05) is 11.5 Å². The number of aryl methyl sites for hydroxylation is 1. The van der Waals surface area contributed by atoms with Crippen LogP contribution in [0.15, 0.2) is 30.6 Å². The van der Waals surface area contributed by atoms with Crippen LogP contribution < -0.4 is 11.5 Å². The quantitative estimate of drug-likeness (QED) is 0.670. The third kappa shape index (κ3) is 1.77. The van der Waals surface area contributed by atoms with E-state index in [0.29, 0.717) is 5.82 Å². The molecule has 0 amide bonds. The molecular weight excluding hydrogens is 262 g/mol. The van der Waals surface area contributed by atoms with Gasteiger partial charge in [0.1, 0.15) is 11.8 Å². The highest BCUT2D eigenvalue weighted by atomic mass is 15.1. The molecule has 0 unspecified atom stereocenters. The van der Waals surface area contributed by atoms with E-state index in [0.717, 1.165) is 35.2 Å². The molecule has 106 valence electrons. The molecule has 2 heterocycles. The van der Waals surface area contributed by atoms with Crippen molar-refractivity contribution in [3.05, 3.63) is 41.9 Å². The Hall–Kier alpha value is -2.56. The van der Waals surface area contributed by atoms with E-state index in [4.69, 9.17) is 11.5 Å². The SMILES string of the molecule is Nc1ccc(-n2c3c(c4ncnc(N)c42)CCCC3)cc1. The maximum atomic E-state index is 6.14. The fraction of sp³-hybridized carbons (Fsp3) is 0.250. The Morgan fingerprint density at radius 3 is 2.52 bits per heavy atom. The summed E-state index contributed by atoms with van der Waals surface area (Å²) >= 11 is 0. The monoisotopic (exact) mass is 279 g/mol. The molecule has 21 heavy (non-hydrogen) atoms. The van der Waals surface area contributed by atoms with E-state index in [1.807, 2.05) is 24.3 Å². The average molecular weight is 279 g/mol. The number of rotatable bonds is 1. The Morgan fingerprint density at radius 1 is 0.952 bits per heavy atom. The Morgan fingerprint density at radius 2 is 1.71 bits per heavy atom. The molecule has 0 saturated carbocycles. The lowest BCUT2D eigenvalue weighted by Crippen LogP contribution is -2.07. The zero-order valence-corrected chi connectivity index (χ0v) is 11.7. The highest BCUT2D eigenvalue weighted by Crippen LogP contribution is 2.35. The van der Waals surface area contributed by atoms with E-state index in [1.54, 1.807) is 6.33 Å². The molecule has 0 atom stereocenters. The predicted octanol–water partition coefficient (Wildman–Crippen LogP) is 2.46. The number of anilines is 2. The van der Waals surface area contributed by atoms with Gasteiger partial charge in [0.15, 0.2) is 5.82 Å². The van der Waals surface area contributed by atoms with E-state index < -0.39 is 0 Å². The van der Waals surface area contributed by atoms with Gasteiger partial charge in [0.05, 0.1) is 5.52 Å². The van der Waals surface area contributed by atoms with Crippen LogP contribution >= 0.6 is 0 Å². The first-order valence-corrected chi connectivity index (χ1v) is 7.24. The van der Waals surface area contributed by atoms with Gasteiger partial charge in [-0.25, -0.2) is 9.97 Å². The Balaban J connectivity index is 2.09. The van der Waals surface area contributed by atoms with Crippen molar-refractivity contribution in [1.29, 1.82) is 0 Å². The number of hydrogen-bond acceptors (Lipinski definition) is 4. The smallest absolute Gasteiger partial charge is 0.151 e. The summed E-state index contributed by atoms with van der Waals surface area (Å²) in [6.45, 7) is 0. The van der Waals surface area contributed by atoms with Crippen LogP contribution in [0.4, 0.5) is 11.5 Å². The summed E-state index contributed by atoms with van der Waals surface area (Å²) < 4.78 is 2.21. The second-order valence-corrected chi connectivity index (χ2v) is 5.52. The van der Waals surface area contributed by atoms with Gasteiger partial charge in [0.2, 0.25) is 0 Å². The van der Waals surface area contributed by atoms with Crippen LogP contribution in [0.1, 0.15) is 24.1 Å². The van der Waals surface area contributed by atoms with Crippen molar-refractivity contribution in [2.45, 2.75) is 25.7 Å². The molecule has 1 aliphatic rings. The van der Waals surface area contributed by atoms with Gasteiger partial charge in [0.25, 0.3) is 0 Å². The van der Waals surface area contributed by atoms with Crippen molar-refractivity contribution >= 4 is 22.5 Å². The summed E-state index contributed by atoms with van der Waals surface area (Å²) in [4.78, 5) is 8.66. The van der Waals surface area contributed by atoms with E-state index in [-0.39, 0.29) is 0 Å². The summed E-state index contributed by atoms with van der Waals surface area (Å²) in [7, 11) is 0. The highest BCUT2D eigenvalue weighted by molar-refractivity contribution is 5.91. The molecule has 4 rings (SSSR count). The van der Waals surface area contributed by atoms with Crippen LogP contribution in [0, 0.1) is 0 Å². The lowest BCUT2D eigenvalue weighted by atomic mass is 9.97. The van der Waals surface area contributed by atoms with E-state index in [2.05, 4.69) is 14.5 Å². The molecule has 0 fully saturated rings. The summed E-state index contributed by atoms with van der Waals surface area (Å²) in [6.07, 6.45) is 6.07. The standard InChI is InChI=1S/C16H17N5/c17-10-5-7-11(8-6-10)21-13-4-2-1-3-12(13)14-15(21)16(18)20-9-19-14/h5-9H,1-4,17H2,(H2,18,19,20). The zero-order chi connectivity index (χ0) is 14.4. The van der Waals surface area contributed by atoms with E-state index in [1.165, 1.54) is 24.1 Å². The number of fused-ring (bicyclic) bond motifs is 3. The maximum Gasteiger partial charge on any atom is 0.151 e. The minimum Gasteiger partial charge on any atom is -0.399 e. The van der Waals surface area contributed by atoms with E-state index in [9.17, 15) is 0 Å². The third-order valence-electron chi connectivity index (χ3n) is 4.22. The molecule has 2 aromatic heterocycles. The second-order valence-electron chi connectivity index (χ2n) is 5.52. The topological polar surface area (TPSA) is 82.8 Å². The molecule has 1 aliphatic carbocycles. The molecule has 4 N–H and O–H groups in total. The van der Waals surface area contributed by atoms with E-state index >= 15 is 0 Å². The van der Waals surface area contributed by atoms with Crippen LogP contribution in [0.5, 0.6) is 0 Å². The Kier molecular flexibility index (Phi) is 2.60. The molecule has 5 nitrogen and oxygen atoms in total. The molecule has 3 aromatic rings. The van der Waals surface area contributed by atoms with Crippen LogP contribution in [-0.4, -0.2) is 14.5 Å². The normalized spacial score (nSPS) is 14.3. The third-order valence-corrected chi connectivity index (χ3v) is 4.22. The van der Waals surface area contributed by atoms with Crippen LogP contribution in [-0.2, 0) is 12.8 Å². The number of benzene rings is 1. The van der Waals surface area contributed by atoms with Gasteiger partial charge in [-0.2, -0.15) is 0 Å². The molecule has 0 saturated heterocycles. The molecule has 0 radical (unpaired) electrons. The number of aromatic nitrogens is 3. The first-order chi connectivity index (χ1) is 10.3. The lowest BCUT2D eigenvalue weighted by molar-refractivity contribution is 0.666.